The number of para-hydroxylation sites is 1. The lowest BCUT2D eigenvalue weighted by atomic mass is 9.91. The molecular formula is C14H16O. The Morgan fingerprint density at radius 3 is 2.60 bits per heavy atom. The highest BCUT2D eigenvalue weighted by Crippen LogP contribution is 2.41. The van der Waals surface area contributed by atoms with E-state index in [0.29, 0.717) is 5.92 Å². The summed E-state index contributed by atoms with van der Waals surface area (Å²) < 4.78 is 5.89. The number of benzene rings is 1. The van der Waals surface area contributed by atoms with Crippen LogP contribution in [0.1, 0.15) is 24.3 Å². The first-order chi connectivity index (χ1) is 7.36. The van der Waals surface area contributed by atoms with E-state index in [1.807, 2.05) is 24.3 Å². The van der Waals surface area contributed by atoms with Crippen LogP contribution in [-0.2, 0) is 0 Å². The van der Waals surface area contributed by atoms with Gasteiger partial charge in [-0.05, 0) is 12.5 Å². The van der Waals surface area contributed by atoms with E-state index in [1.54, 1.807) is 0 Å². The molecule has 0 aromatic heterocycles. The van der Waals surface area contributed by atoms with Gasteiger partial charge in [0.2, 0.25) is 0 Å². The fourth-order valence-corrected chi connectivity index (χ4v) is 2.17. The molecule has 1 nitrogen and oxygen atoms in total. The van der Waals surface area contributed by atoms with Crippen molar-refractivity contribution < 1.29 is 4.74 Å². The van der Waals surface area contributed by atoms with Crippen molar-refractivity contribution in [1.29, 1.82) is 0 Å². The maximum absolute atomic E-state index is 5.89. The summed E-state index contributed by atoms with van der Waals surface area (Å²) in [5, 5.41) is 0. The largest absolute Gasteiger partial charge is 0.489 e. The molecule has 1 heteroatoms. The van der Waals surface area contributed by atoms with Crippen molar-refractivity contribution in [2.75, 3.05) is 0 Å². The number of allylic oxidation sites excluding steroid dienone is 1. The number of rotatable bonds is 4. The van der Waals surface area contributed by atoms with Gasteiger partial charge in [-0.25, -0.2) is 0 Å². The Labute approximate surface area is 91.1 Å². The molecule has 0 saturated carbocycles. The van der Waals surface area contributed by atoms with Crippen molar-refractivity contribution in [1.82, 2.24) is 0 Å². The third kappa shape index (κ3) is 1.82. The fraction of sp³-hybridized carbons (Fsp3) is 0.286. The van der Waals surface area contributed by atoms with Gasteiger partial charge in [0.1, 0.15) is 11.9 Å². The first-order valence-corrected chi connectivity index (χ1v) is 5.34. The molecule has 1 aliphatic heterocycles. The summed E-state index contributed by atoms with van der Waals surface area (Å²) in [4.78, 5) is 0. The maximum Gasteiger partial charge on any atom is 0.123 e. The van der Waals surface area contributed by atoms with Gasteiger partial charge in [0.25, 0.3) is 0 Å². The number of ether oxygens (including phenoxy) is 1. The first-order valence-electron chi connectivity index (χ1n) is 5.34. The SMILES string of the molecule is C=CCC1Oc2ccccc2C1CC=C. The molecule has 1 aromatic carbocycles. The highest BCUT2D eigenvalue weighted by Gasteiger charge is 2.31. The lowest BCUT2D eigenvalue weighted by Gasteiger charge is -2.15. The zero-order valence-electron chi connectivity index (χ0n) is 8.86. The third-order valence-corrected chi connectivity index (χ3v) is 2.87. The smallest absolute Gasteiger partial charge is 0.123 e. The zero-order valence-corrected chi connectivity index (χ0v) is 8.86. The van der Waals surface area contributed by atoms with Gasteiger partial charge in [-0.15, -0.1) is 13.2 Å². The van der Waals surface area contributed by atoms with Crippen molar-refractivity contribution in [3.05, 3.63) is 55.1 Å². The van der Waals surface area contributed by atoms with E-state index in [9.17, 15) is 0 Å². The van der Waals surface area contributed by atoms with Crippen molar-refractivity contribution in [3.8, 4) is 5.75 Å². The van der Waals surface area contributed by atoms with Gasteiger partial charge < -0.3 is 4.74 Å². The predicted octanol–water partition coefficient (Wildman–Crippen LogP) is 3.68. The second-order valence-corrected chi connectivity index (χ2v) is 3.85. The quantitative estimate of drug-likeness (QED) is 0.674. The Kier molecular flexibility index (Phi) is 2.91. The van der Waals surface area contributed by atoms with Crippen molar-refractivity contribution in [2.45, 2.75) is 24.9 Å². The molecule has 1 heterocycles. The van der Waals surface area contributed by atoms with E-state index in [4.69, 9.17) is 4.74 Å². The second kappa shape index (κ2) is 4.35. The minimum absolute atomic E-state index is 0.234. The Hall–Kier alpha value is -1.50. The molecule has 0 bridgehead atoms. The summed E-state index contributed by atoms with van der Waals surface area (Å²) in [5.74, 6) is 1.47. The summed E-state index contributed by atoms with van der Waals surface area (Å²) >= 11 is 0. The van der Waals surface area contributed by atoms with Crippen LogP contribution in [0.5, 0.6) is 5.75 Å². The van der Waals surface area contributed by atoms with E-state index in [-0.39, 0.29) is 6.10 Å². The van der Waals surface area contributed by atoms with Gasteiger partial charge in [-0.3, -0.25) is 0 Å². The van der Waals surface area contributed by atoms with Crippen molar-refractivity contribution in [2.24, 2.45) is 0 Å². The zero-order chi connectivity index (χ0) is 10.7. The highest BCUT2D eigenvalue weighted by atomic mass is 16.5. The molecule has 1 aliphatic rings. The number of hydrogen-bond donors (Lipinski definition) is 0. The average Bonchev–Trinajstić information content (AvgIpc) is 2.59. The molecule has 0 N–H and O–H groups in total. The van der Waals surface area contributed by atoms with Crippen LogP contribution in [0.15, 0.2) is 49.6 Å². The topological polar surface area (TPSA) is 9.23 Å². The molecule has 0 spiro atoms. The molecule has 0 amide bonds. The van der Waals surface area contributed by atoms with Crippen molar-refractivity contribution in [3.63, 3.8) is 0 Å². The molecule has 0 radical (unpaired) electrons. The molecule has 2 unspecified atom stereocenters. The Balaban J connectivity index is 2.28. The molecule has 1 aromatic rings. The van der Waals surface area contributed by atoms with E-state index < -0.39 is 0 Å². The molecule has 15 heavy (non-hydrogen) atoms. The number of fused-ring (bicyclic) bond motifs is 1. The van der Waals surface area contributed by atoms with Gasteiger partial charge in [0.05, 0.1) is 0 Å². The van der Waals surface area contributed by atoms with Crippen LogP contribution in [0.3, 0.4) is 0 Å². The molecule has 2 rings (SSSR count). The lowest BCUT2D eigenvalue weighted by Crippen LogP contribution is -2.17. The van der Waals surface area contributed by atoms with Gasteiger partial charge in [-0.2, -0.15) is 0 Å². The highest BCUT2D eigenvalue weighted by molar-refractivity contribution is 5.41. The molecule has 0 fully saturated rings. The van der Waals surface area contributed by atoms with Crippen LogP contribution in [0.25, 0.3) is 0 Å². The average molecular weight is 200 g/mol. The Morgan fingerprint density at radius 1 is 1.13 bits per heavy atom. The summed E-state index contributed by atoms with van der Waals surface area (Å²) in [5.41, 5.74) is 1.31. The van der Waals surface area contributed by atoms with E-state index >= 15 is 0 Å². The van der Waals surface area contributed by atoms with Gasteiger partial charge in [-0.1, -0.05) is 30.4 Å². The van der Waals surface area contributed by atoms with E-state index in [1.165, 1.54) is 5.56 Å². The predicted molar refractivity (Wildman–Crippen MR) is 63.2 cm³/mol. The minimum Gasteiger partial charge on any atom is -0.489 e. The van der Waals surface area contributed by atoms with Crippen LogP contribution in [0.4, 0.5) is 0 Å². The van der Waals surface area contributed by atoms with Crippen LogP contribution >= 0.6 is 0 Å². The standard InChI is InChI=1S/C14H16O/c1-3-7-11-12-9-5-6-10-14(12)15-13(11)8-4-2/h3-6,9-11,13H,1-2,7-8H2. The van der Waals surface area contributed by atoms with Crippen LogP contribution in [0, 0.1) is 0 Å². The number of hydrogen-bond acceptors (Lipinski definition) is 1. The summed E-state index contributed by atoms with van der Waals surface area (Å²) in [6.07, 6.45) is 5.99. The van der Waals surface area contributed by atoms with Gasteiger partial charge in [0.15, 0.2) is 0 Å². The summed E-state index contributed by atoms with van der Waals surface area (Å²) in [6.45, 7) is 7.59. The van der Waals surface area contributed by atoms with Crippen molar-refractivity contribution >= 4 is 0 Å². The second-order valence-electron chi connectivity index (χ2n) is 3.85. The molecule has 78 valence electrons. The van der Waals surface area contributed by atoms with Gasteiger partial charge in [0, 0.05) is 17.9 Å². The van der Waals surface area contributed by atoms with Crippen LogP contribution in [0.2, 0.25) is 0 Å². The normalized spacial score (nSPS) is 22.9. The molecular weight excluding hydrogens is 184 g/mol. The molecule has 0 aliphatic carbocycles. The maximum atomic E-state index is 5.89. The molecule has 0 saturated heterocycles. The lowest BCUT2D eigenvalue weighted by molar-refractivity contribution is 0.209. The third-order valence-electron chi connectivity index (χ3n) is 2.87. The fourth-order valence-electron chi connectivity index (χ4n) is 2.17. The Bertz CT molecular complexity index is 367. The van der Waals surface area contributed by atoms with Crippen LogP contribution in [-0.4, -0.2) is 6.10 Å². The van der Waals surface area contributed by atoms with Crippen LogP contribution < -0.4 is 4.74 Å². The summed E-state index contributed by atoms with van der Waals surface area (Å²) in [6, 6.07) is 8.26. The Morgan fingerprint density at radius 2 is 1.87 bits per heavy atom. The first kappa shape index (κ1) is 10.0. The molecule has 2 atom stereocenters. The monoisotopic (exact) mass is 200 g/mol. The van der Waals surface area contributed by atoms with E-state index in [2.05, 4.69) is 25.3 Å². The summed E-state index contributed by atoms with van der Waals surface area (Å²) in [7, 11) is 0. The minimum atomic E-state index is 0.234. The van der Waals surface area contributed by atoms with E-state index in [0.717, 1.165) is 18.6 Å². The van der Waals surface area contributed by atoms with Gasteiger partial charge >= 0.3 is 0 Å².